The summed E-state index contributed by atoms with van der Waals surface area (Å²) in [5.74, 6) is 0.964. The SMILES string of the molecule is Nc1nc(-c2cn3c(n2)-c2cc(Br)ccc2OCC3)n(CC(F)(F)F)n1. The fourth-order valence-corrected chi connectivity index (χ4v) is 3.16. The summed E-state index contributed by atoms with van der Waals surface area (Å²) in [4.78, 5) is 8.40. The topological polar surface area (TPSA) is 83.8 Å². The molecule has 1 aliphatic rings. The molecular formula is C15H12BrF3N6O. The smallest absolute Gasteiger partial charge is 0.408 e. The molecule has 1 aliphatic heterocycles. The predicted octanol–water partition coefficient (Wildman–Crippen LogP) is 3.11. The highest BCUT2D eigenvalue weighted by atomic mass is 79.9. The van der Waals surface area contributed by atoms with Crippen LogP contribution < -0.4 is 10.5 Å². The second-order valence-corrected chi connectivity index (χ2v) is 6.61. The lowest BCUT2D eigenvalue weighted by molar-refractivity contribution is -0.142. The van der Waals surface area contributed by atoms with Gasteiger partial charge in [0.2, 0.25) is 5.95 Å². The summed E-state index contributed by atoms with van der Waals surface area (Å²) >= 11 is 3.41. The minimum Gasteiger partial charge on any atom is -0.491 e. The highest BCUT2D eigenvalue weighted by Crippen LogP contribution is 2.35. The maximum atomic E-state index is 12.8. The monoisotopic (exact) mass is 428 g/mol. The van der Waals surface area contributed by atoms with Crippen LogP contribution in [0.1, 0.15) is 0 Å². The van der Waals surface area contributed by atoms with Gasteiger partial charge in [-0.3, -0.25) is 0 Å². The van der Waals surface area contributed by atoms with E-state index in [0.29, 0.717) is 24.7 Å². The molecule has 0 radical (unpaired) electrons. The van der Waals surface area contributed by atoms with E-state index < -0.39 is 12.7 Å². The van der Waals surface area contributed by atoms with Gasteiger partial charge in [0.25, 0.3) is 0 Å². The standard InChI is InChI=1S/C15H12BrF3N6O/c16-8-1-2-11-9(5-8)12-21-10(6-24(12)3-4-26-11)13-22-14(20)23-25(13)7-15(17,18)19/h1-2,5-6H,3-4,7H2,(H2,20,23). The number of aromatic nitrogens is 5. The van der Waals surface area contributed by atoms with Crippen molar-refractivity contribution in [1.82, 2.24) is 24.3 Å². The number of alkyl halides is 3. The van der Waals surface area contributed by atoms with Gasteiger partial charge in [0.1, 0.15) is 30.4 Å². The van der Waals surface area contributed by atoms with Crippen molar-refractivity contribution in [2.45, 2.75) is 19.3 Å². The Morgan fingerprint density at radius 3 is 2.81 bits per heavy atom. The van der Waals surface area contributed by atoms with E-state index in [-0.39, 0.29) is 17.5 Å². The van der Waals surface area contributed by atoms with Crippen LogP contribution in [0, 0.1) is 0 Å². The lowest BCUT2D eigenvalue weighted by Crippen LogP contribution is -2.19. The van der Waals surface area contributed by atoms with Gasteiger partial charge in [0, 0.05) is 10.7 Å². The molecule has 0 unspecified atom stereocenters. The number of nitrogen functional groups attached to an aromatic ring is 1. The molecule has 0 atom stereocenters. The van der Waals surface area contributed by atoms with E-state index in [4.69, 9.17) is 10.5 Å². The van der Waals surface area contributed by atoms with Crippen LogP contribution in [0.25, 0.3) is 22.9 Å². The second kappa shape index (κ2) is 6.01. The first kappa shape index (κ1) is 16.9. The maximum Gasteiger partial charge on any atom is 0.408 e. The molecule has 3 aromatic rings. The lowest BCUT2D eigenvalue weighted by Gasteiger charge is -2.08. The van der Waals surface area contributed by atoms with E-state index in [1.54, 1.807) is 6.20 Å². The summed E-state index contributed by atoms with van der Waals surface area (Å²) in [5.41, 5.74) is 6.51. The molecule has 26 heavy (non-hydrogen) atoms. The second-order valence-electron chi connectivity index (χ2n) is 5.70. The number of hydrogen-bond acceptors (Lipinski definition) is 5. The van der Waals surface area contributed by atoms with Gasteiger partial charge in [0.05, 0.1) is 12.1 Å². The van der Waals surface area contributed by atoms with Crippen LogP contribution in [0.15, 0.2) is 28.9 Å². The Morgan fingerprint density at radius 2 is 2.04 bits per heavy atom. The van der Waals surface area contributed by atoms with Crippen LogP contribution in [0.4, 0.5) is 19.1 Å². The van der Waals surface area contributed by atoms with Gasteiger partial charge in [-0.1, -0.05) is 15.9 Å². The minimum atomic E-state index is -4.45. The predicted molar refractivity (Wildman–Crippen MR) is 90.3 cm³/mol. The first-order valence-electron chi connectivity index (χ1n) is 7.57. The van der Waals surface area contributed by atoms with Gasteiger partial charge in [-0.15, -0.1) is 5.10 Å². The average Bonchev–Trinajstić information content (AvgIpc) is 3.06. The molecule has 136 valence electrons. The summed E-state index contributed by atoms with van der Waals surface area (Å²) in [6, 6.07) is 5.50. The van der Waals surface area contributed by atoms with Crippen molar-refractivity contribution >= 4 is 21.9 Å². The molecule has 0 aliphatic carbocycles. The van der Waals surface area contributed by atoms with Crippen LogP contribution >= 0.6 is 15.9 Å². The average molecular weight is 429 g/mol. The fourth-order valence-electron chi connectivity index (χ4n) is 2.80. The zero-order chi connectivity index (χ0) is 18.5. The number of hydrogen-bond donors (Lipinski definition) is 1. The van der Waals surface area contributed by atoms with Crippen molar-refractivity contribution in [2.24, 2.45) is 0 Å². The largest absolute Gasteiger partial charge is 0.491 e. The lowest BCUT2D eigenvalue weighted by atomic mass is 10.2. The van der Waals surface area contributed by atoms with E-state index in [1.165, 1.54) is 0 Å². The Morgan fingerprint density at radius 1 is 1.23 bits per heavy atom. The highest BCUT2D eigenvalue weighted by Gasteiger charge is 2.31. The minimum absolute atomic E-state index is 0.0298. The molecule has 1 aromatic carbocycles. The zero-order valence-corrected chi connectivity index (χ0v) is 14.8. The molecule has 7 nitrogen and oxygen atoms in total. The van der Waals surface area contributed by atoms with Crippen molar-refractivity contribution in [3.63, 3.8) is 0 Å². The summed E-state index contributed by atoms with van der Waals surface area (Å²) in [5, 5.41) is 3.64. The molecule has 0 saturated heterocycles. The summed E-state index contributed by atoms with van der Waals surface area (Å²) in [6.45, 7) is -0.383. The van der Waals surface area contributed by atoms with Crippen molar-refractivity contribution in [2.75, 3.05) is 12.3 Å². The molecule has 0 amide bonds. The third kappa shape index (κ3) is 3.14. The number of benzene rings is 1. The van der Waals surface area contributed by atoms with Gasteiger partial charge in [-0.05, 0) is 18.2 Å². The normalized spacial score (nSPS) is 13.7. The molecule has 4 rings (SSSR count). The van der Waals surface area contributed by atoms with Crippen LogP contribution in [0.5, 0.6) is 5.75 Å². The van der Waals surface area contributed by atoms with Gasteiger partial charge in [0.15, 0.2) is 5.82 Å². The Balaban J connectivity index is 1.82. The summed E-state index contributed by atoms with van der Waals surface area (Å²) < 4.78 is 47.4. The number of rotatable bonds is 2. The quantitative estimate of drug-likeness (QED) is 0.677. The number of ether oxygens (including phenoxy) is 1. The summed E-state index contributed by atoms with van der Waals surface area (Å²) in [6.07, 6.45) is -2.82. The summed E-state index contributed by atoms with van der Waals surface area (Å²) in [7, 11) is 0. The number of imidazole rings is 1. The van der Waals surface area contributed by atoms with Gasteiger partial charge >= 0.3 is 6.18 Å². The van der Waals surface area contributed by atoms with Crippen LogP contribution in [-0.2, 0) is 13.1 Å². The number of halogens is 4. The van der Waals surface area contributed by atoms with Crippen LogP contribution in [0.2, 0.25) is 0 Å². The molecule has 0 spiro atoms. The van der Waals surface area contributed by atoms with Crippen molar-refractivity contribution in [3.8, 4) is 28.7 Å². The number of anilines is 1. The molecule has 2 N–H and O–H groups in total. The third-order valence-electron chi connectivity index (χ3n) is 3.80. The molecule has 3 heterocycles. The van der Waals surface area contributed by atoms with Crippen LogP contribution in [0.3, 0.4) is 0 Å². The van der Waals surface area contributed by atoms with E-state index in [0.717, 1.165) is 14.7 Å². The van der Waals surface area contributed by atoms with Crippen molar-refractivity contribution in [3.05, 3.63) is 28.9 Å². The van der Waals surface area contributed by atoms with E-state index in [9.17, 15) is 13.2 Å². The van der Waals surface area contributed by atoms with Gasteiger partial charge in [-0.2, -0.15) is 18.2 Å². The Hall–Kier alpha value is -2.56. The van der Waals surface area contributed by atoms with Gasteiger partial charge < -0.3 is 15.0 Å². The van der Waals surface area contributed by atoms with E-state index >= 15 is 0 Å². The Labute approximate surface area is 153 Å². The van der Waals surface area contributed by atoms with Crippen molar-refractivity contribution < 1.29 is 17.9 Å². The molecule has 2 aromatic heterocycles. The first-order chi connectivity index (χ1) is 12.3. The van der Waals surface area contributed by atoms with Crippen LogP contribution in [-0.4, -0.2) is 37.1 Å². The van der Waals surface area contributed by atoms with E-state index in [2.05, 4.69) is 31.0 Å². The third-order valence-corrected chi connectivity index (χ3v) is 4.29. The van der Waals surface area contributed by atoms with Gasteiger partial charge in [-0.25, -0.2) is 9.67 Å². The zero-order valence-electron chi connectivity index (χ0n) is 13.2. The molecular weight excluding hydrogens is 417 g/mol. The molecule has 0 fully saturated rings. The molecule has 0 bridgehead atoms. The molecule has 0 saturated carbocycles. The Bertz CT molecular complexity index is 980. The number of nitrogens with zero attached hydrogens (tertiary/aromatic N) is 5. The number of fused-ring (bicyclic) bond motifs is 3. The number of nitrogens with two attached hydrogens (primary N) is 1. The first-order valence-corrected chi connectivity index (χ1v) is 8.37. The fraction of sp³-hybridized carbons (Fsp3) is 0.267. The molecule has 11 heteroatoms. The Kier molecular flexibility index (Phi) is 3.90. The van der Waals surface area contributed by atoms with Crippen molar-refractivity contribution in [1.29, 1.82) is 0 Å². The highest BCUT2D eigenvalue weighted by molar-refractivity contribution is 9.10. The maximum absolute atomic E-state index is 12.8. The van der Waals surface area contributed by atoms with E-state index in [1.807, 2.05) is 22.8 Å².